The molecule has 3 aromatic carbocycles. The van der Waals surface area contributed by atoms with Gasteiger partial charge in [-0.05, 0) is 60.0 Å². The minimum absolute atomic E-state index is 0.0796. The van der Waals surface area contributed by atoms with Crippen LogP contribution in [0, 0.1) is 5.82 Å². The zero-order chi connectivity index (χ0) is 31.3. The number of ketones is 1. The third-order valence-electron chi connectivity index (χ3n) is 7.35. The highest BCUT2D eigenvalue weighted by Crippen LogP contribution is 2.45. The molecular formula is C33H30FN3O6S2. The number of amides is 1. The second kappa shape index (κ2) is 13.7. The van der Waals surface area contributed by atoms with Gasteiger partial charge in [0.1, 0.15) is 30.5 Å². The van der Waals surface area contributed by atoms with Crippen LogP contribution in [0.3, 0.4) is 0 Å². The molecule has 6 rings (SSSR count). The van der Waals surface area contributed by atoms with Crippen molar-refractivity contribution >= 4 is 45.7 Å². The number of nitrogens with zero attached hydrogens (tertiary/aromatic N) is 3. The molecule has 2 aliphatic heterocycles. The van der Waals surface area contributed by atoms with Gasteiger partial charge in [0.15, 0.2) is 15.8 Å². The van der Waals surface area contributed by atoms with Gasteiger partial charge in [-0.25, -0.2) is 4.39 Å². The fourth-order valence-corrected chi connectivity index (χ4v) is 6.89. The highest BCUT2D eigenvalue weighted by Gasteiger charge is 2.48. The number of aliphatic hydroxyl groups excluding tert-OH is 1. The van der Waals surface area contributed by atoms with Gasteiger partial charge >= 0.3 is 5.91 Å². The maximum Gasteiger partial charge on any atom is 0.301 e. The maximum absolute atomic E-state index is 13.6. The smallest absolute Gasteiger partial charge is 0.301 e. The Bertz CT molecular complexity index is 1730. The Labute approximate surface area is 267 Å². The molecule has 2 aliphatic rings. The summed E-state index contributed by atoms with van der Waals surface area (Å²) in [6.45, 7) is 3.47. The first-order chi connectivity index (χ1) is 21.9. The van der Waals surface area contributed by atoms with Crippen LogP contribution in [0.15, 0.2) is 76.6 Å². The summed E-state index contributed by atoms with van der Waals surface area (Å²) in [4.78, 5) is 28.5. The van der Waals surface area contributed by atoms with Crippen molar-refractivity contribution in [1.82, 2.24) is 10.2 Å². The minimum atomic E-state index is -0.977. The average Bonchev–Trinajstić information content (AvgIpc) is 3.64. The number of anilines is 1. The molecular weight excluding hydrogens is 618 g/mol. The molecule has 9 nitrogen and oxygen atoms in total. The van der Waals surface area contributed by atoms with E-state index in [1.807, 2.05) is 0 Å². The van der Waals surface area contributed by atoms with Gasteiger partial charge in [0.25, 0.3) is 5.78 Å². The zero-order valence-corrected chi connectivity index (χ0v) is 26.0. The summed E-state index contributed by atoms with van der Waals surface area (Å²) in [6.07, 6.45) is 3.09. The lowest BCUT2D eigenvalue weighted by Crippen LogP contribution is -2.29. The lowest BCUT2D eigenvalue weighted by Gasteiger charge is -2.23. The fraction of sp³-hybridized carbons (Fsp3) is 0.273. The van der Waals surface area contributed by atoms with Gasteiger partial charge in [-0.3, -0.25) is 14.5 Å². The summed E-state index contributed by atoms with van der Waals surface area (Å²) in [6, 6.07) is 17.2. The number of aromatic nitrogens is 2. The van der Waals surface area contributed by atoms with E-state index in [1.165, 1.54) is 28.8 Å². The Balaban J connectivity index is 1.34. The van der Waals surface area contributed by atoms with E-state index in [-0.39, 0.29) is 22.3 Å². The summed E-state index contributed by atoms with van der Waals surface area (Å²) in [7, 11) is 0. The largest absolute Gasteiger partial charge is 0.507 e. The third kappa shape index (κ3) is 6.66. The quantitative estimate of drug-likeness (QED) is 0.0462. The zero-order valence-electron chi connectivity index (χ0n) is 24.4. The number of unbranched alkanes of at least 4 members (excludes halogenated alkanes) is 2. The van der Waals surface area contributed by atoms with Gasteiger partial charge in [-0.15, -0.1) is 10.2 Å². The summed E-state index contributed by atoms with van der Waals surface area (Å²) in [5, 5.41) is 20.3. The second-order valence-corrected chi connectivity index (χ2v) is 12.6. The number of hydrogen-bond acceptors (Lipinski definition) is 10. The molecule has 1 saturated heterocycles. The Hall–Kier alpha value is -4.42. The number of thioether (sulfide) groups is 1. The number of carbonyl (C=O) groups excluding carboxylic acids is 2. The van der Waals surface area contributed by atoms with Crippen molar-refractivity contribution < 1.29 is 33.3 Å². The molecule has 0 radical (unpaired) electrons. The van der Waals surface area contributed by atoms with Crippen LogP contribution in [0.25, 0.3) is 5.76 Å². The van der Waals surface area contributed by atoms with E-state index in [4.69, 9.17) is 14.2 Å². The predicted octanol–water partition coefficient (Wildman–Crippen LogP) is 6.94. The first-order valence-electron chi connectivity index (χ1n) is 14.6. The van der Waals surface area contributed by atoms with E-state index in [0.717, 1.165) is 36.2 Å². The molecule has 1 unspecified atom stereocenters. The van der Waals surface area contributed by atoms with E-state index in [9.17, 15) is 19.1 Å². The van der Waals surface area contributed by atoms with Crippen LogP contribution < -0.4 is 19.1 Å². The monoisotopic (exact) mass is 647 g/mol. The number of fused-ring (bicyclic) bond motifs is 1. The molecule has 4 aromatic rings. The van der Waals surface area contributed by atoms with Crippen LogP contribution in [0.4, 0.5) is 9.52 Å². The number of aliphatic hydroxyl groups is 1. The molecule has 12 heteroatoms. The summed E-state index contributed by atoms with van der Waals surface area (Å²) in [5.74, 6) is -0.183. The van der Waals surface area contributed by atoms with Gasteiger partial charge in [0, 0.05) is 11.3 Å². The number of benzene rings is 3. The molecule has 232 valence electrons. The van der Waals surface area contributed by atoms with E-state index in [0.29, 0.717) is 58.3 Å². The van der Waals surface area contributed by atoms with Crippen molar-refractivity contribution in [2.75, 3.05) is 24.7 Å². The summed E-state index contributed by atoms with van der Waals surface area (Å²) >= 11 is 2.54. The number of rotatable bonds is 11. The predicted molar refractivity (Wildman–Crippen MR) is 170 cm³/mol. The number of carbonyl (C=O) groups is 2. The van der Waals surface area contributed by atoms with Crippen molar-refractivity contribution in [3.8, 4) is 17.2 Å². The van der Waals surface area contributed by atoms with Crippen molar-refractivity contribution in [1.29, 1.82) is 0 Å². The van der Waals surface area contributed by atoms with E-state index >= 15 is 0 Å². The Kier molecular flexibility index (Phi) is 9.31. The maximum atomic E-state index is 13.6. The van der Waals surface area contributed by atoms with Gasteiger partial charge in [-0.2, -0.15) is 0 Å². The van der Waals surface area contributed by atoms with Crippen LogP contribution in [0.2, 0.25) is 0 Å². The molecule has 1 fully saturated rings. The normalized spacial score (nSPS) is 17.1. The van der Waals surface area contributed by atoms with Crippen LogP contribution in [0.1, 0.15) is 48.9 Å². The first kappa shape index (κ1) is 30.6. The summed E-state index contributed by atoms with van der Waals surface area (Å²) < 4.78 is 31.0. The molecule has 1 N–H and O–H groups in total. The third-order valence-corrected chi connectivity index (χ3v) is 9.48. The highest BCUT2D eigenvalue weighted by atomic mass is 32.2. The molecule has 45 heavy (non-hydrogen) atoms. The molecule has 1 amide bonds. The minimum Gasteiger partial charge on any atom is -0.507 e. The Morgan fingerprint density at radius 2 is 1.78 bits per heavy atom. The number of Topliss-reactive ketones (excluding diaryl/α,β-unsaturated/α-hetero) is 1. The molecule has 0 saturated carbocycles. The second-order valence-electron chi connectivity index (χ2n) is 10.4. The van der Waals surface area contributed by atoms with E-state index in [1.54, 1.807) is 54.6 Å². The first-order valence-corrected chi connectivity index (χ1v) is 16.4. The summed E-state index contributed by atoms with van der Waals surface area (Å²) in [5.41, 5.74) is 1.72. The van der Waals surface area contributed by atoms with Gasteiger partial charge in [-0.1, -0.05) is 67.1 Å². The SMILES string of the molecule is CCCCCOc1ccc(C2/C(=C(\O)c3ccc4c(c3)OCCO4)C(=O)C(=O)N2c2nnc(SCc3ccc(F)cc3)s2)cc1. The molecule has 1 atom stereocenters. The van der Waals surface area contributed by atoms with Gasteiger partial charge in [0.05, 0.1) is 18.2 Å². The Morgan fingerprint density at radius 1 is 1.02 bits per heavy atom. The molecule has 1 aromatic heterocycles. The van der Waals surface area contributed by atoms with Crippen molar-refractivity contribution in [2.24, 2.45) is 0 Å². The highest BCUT2D eigenvalue weighted by molar-refractivity contribution is 8.00. The fourth-order valence-electron chi connectivity index (χ4n) is 5.06. The Morgan fingerprint density at radius 3 is 2.53 bits per heavy atom. The van der Waals surface area contributed by atoms with E-state index < -0.39 is 17.7 Å². The number of ether oxygens (including phenoxy) is 3. The molecule has 3 heterocycles. The van der Waals surface area contributed by atoms with Gasteiger partial charge < -0.3 is 19.3 Å². The topological polar surface area (TPSA) is 111 Å². The number of hydrogen-bond donors (Lipinski definition) is 1. The lowest BCUT2D eigenvalue weighted by atomic mass is 9.95. The van der Waals surface area contributed by atoms with Crippen molar-refractivity contribution in [3.05, 3.63) is 94.8 Å². The van der Waals surface area contributed by atoms with Crippen LogP contribution in [0.5, 0.6) is 17.2 Å². The van der Waals surface area contributed by atoms with Crippen molar-refractivity contribution in [2.45, 2.75) is 42.3 Å². The van der Waals surface area contributed by atoms with Gasteiger partial charge in [0.2, 0.25) is 5.13 Å². The molecule has 0 spiro atoms. The average molecular weight is 648 g/mol. The van der Waals surface area contributed by atoms with Crippen LogP contribution in [-0.4, -0.2) is 46.8 Å². The molecule has 0 bridgehead atoms. The van der Waals surface area contributed by atoms with Crippen molar-refractivity contribution in [3.63, 3.8) is 0 Å². The number of halogens is 1. The van der Waals surface area contributed by atoms with Crippen LogP contribution in [-0.2, 0) is 15.3 Å². The lowest BCUT2D eigenvalue weighted by molar-refractivity contribution is -0.132. The molecule has 0 aliphatic carbocycles. The van der Waals surface area contributed by atoms with Crippen LogP contribution >= 0.6 is 23.1 Å². The standard InChI is InChI=1S/C33H30FN3O6S2/c1-2-3-4-15-41-24-12-7-21(8-13-24)28-27(29(38)22-9-14-25-26(18-22)43-17-16-42-25)30(39)31(40)37(28)32-35-36-33(45-32)44-19-20-5-10-23(34)11-6-20/h5-14,18,28,38H,2-4,15-17,19H2,1H3/b29-27+. The van der Waals surface area contributed by atoms with E-state index in [2.05, 4.69) is 17.1 Å².